The van der Waals surface area contributed by atoms with Crippen LogP contribution >= 0.6 is 0 Å². The Morgan fingerprint density at radius 1 is 1.14 bits per heavy atom. The van der Waals surface area contributed by atoms with E-state index in [1.165, 1.54) is 44.5 Å². The summed E-state index contributed by atoms with van der Waals surface area (Å²) in [4.78, 5) is 23.6. The van der Waals surface area contributed by atoms with Gasteiger partial charge in [0.1, 0.15) is 16.5 Å². The molecule has 2 rings (SSSR count). The van der Waals surface area contributed by atoms with E-state index in [9.17, 15) is 22.4 Å². The van der Waals surface area contributed by atoms with Crippen LogP contribution < -0.4 is 9.46 Å². The number of sulfonamides is 1. The molecule has 148 valence electrons. The second-order valence-corrected chi connectivity index (χ2v) is 7.34. The van der Waals surface area contributed by atoms with Crippen molar-refractivity contribution in [1.29, 1.82) is 0 Å². The maximum Gasteiger partial charge on any atom is 0.331 e. The van der Waals surface area contributed by atoms with Crippen molar-refractivity contribution in [1.82, 2.24) is 4.72 Å². The lowest BCUT2D eigenvalue weighted by Crippen LogP contribution is -2.19. The molecule has 0 heterocycles. The first-order chi connectivity index (χ1) is 13.3. The quantitative estimate of drug-likeness (QED) is 0.409. The second kappa shape index (κ2) is 9.25. The zero-order chi connectivity index (χ0) is 20.7. The SMILES string of the molecule is CNS(=O)(=O)c1cc(/C=C/C(=O)OCC(=O)c2ccc(F)cc2)ccc1OC. The van der Waals surface area contributed by atoms with Crippen molar-refractivity contribution in [3.05, 3.63) is 65.5 Å². The van der Waals surface area contributed by atoms with Gasteiger partial charge in [-0.05, 0) is 55.1 Å². The molecule has 0 aliphatic heterocycles. The first-order valence-corrected chi connectivity index (χ1v) is 9.50. The number of rotatable bonds is 8. The van der Waals surface area contributed by atoms with Gasteiger partial charge in [-0.25, -0.2) is 22.3 Å². The van der Waals surface area contributed by atoms with Gasteiger partial charge >= 0.3 is 5.97 Å². The van der Waals surface area contributed by atoms with Crippen LogP contribution in [0, 0.1) is 5.82 Å². The maximum atomic E-state index is 12.8. The second-order valence-electron chi connectivity index (χ2n) is 5.49. The van der Waals surface area contributed by atoms with Gasteiger partial charge < -0.3 is 9.47 Å². The molecule has 0 radical (unpaired) electrons. The molecule has 0 saturated carbocycles. The smallest absolute Gasteiger partial charge is 0.331 e. The Morgan fingerprint density at radius 2 is 1.82 bits per heavy atom. The van der Waals surface area contributed by atoms with E-state index in [0.29, 0.717) is 5.56 Å². The summed E-state index contributed by atoms with van der Waals surface area (Å²) in [5, 5.41) is 0. The van der Waals surface area contributed by atoms with Crippen molar-refractivity contribution < 1.29 is 31.9 Å². The molecule has 0 aromatic heterocycles. The van der Waals surface area contributed by atoms with Crippen LogP contribution in [0.2, 0.25) is 0 Å². The van der Waals surface area contributed by atoms with Crippen LogP contribution in [0.1, 0.15) is 15.9 Å². The topological polar surface area (TPSA) is 98.8 Å². The number of hydrogen-bond donors (Lipinski definition) is 1. The Balaban J connectivity index is 2.04. The lowest BCUT2D eigenvalue weighted by Gasteiger charge is -2.09. The van der Waals surface area contributed by atoms with E-state index in [1.807, 2.05) is 0 Å². The molecule has 0 spiro atoms. The summed E-state index contributed by atoms with van der Waals surface area (Å²) in [6, 6.07) is 9.20. The first-order valence-electron chi connectivity index (χ1n) is 8.02. The van der Waals surface area contributed by atoms with E-state index in [1.54, 1.807) is 6.07 Å². The van der Waals surface area contributed by atoms with Gasteiger partial charge in [-0.2, -0.15) is 0 Å². The third kappa shape index (κ3) is 5.48. The van der Waals surface area contributed by atoms with Crippen molar-refractivity contribution >= 4 is 27.9 Å². The van der Waals surface area contributed by atoms with Gasteiger partial charge in [0, 0.05) is 11.6 Å². The lowest BCUT2D eigenvalue weighted by atomic mass is 10.1. The molecule has 0 aliphatic carbocycles. The zero-order valence-electron chi connectivity index (χ0n) is 15.1. The molecule has 0 atom stereocenters. The molecule has 7 nitrogen and oxygen atoms in total. The zero-order valence-corrected chi connectivity index (χ0v) is 16.0. The molecule has 0 bridgehead atoms. The minimum atomic E-state index is -3.75. The largest absolute Gasteiger partial charge is 0.495 e. The van der Waals surface area contributed by atoms with Gasteiger partial charge in [0.2, 0.25) is 10.0 Å². The predicted octanol–water partition coefficient (Wildman–Crippen LogP) is 2.18. The molecule has 0 fully saturated rings. The summed E-state index contributed by atoms with van der Waals surface area (Å²) < 4.78 is 49.0. The minimum Gasteiger partial charge on any atom is -0.495 e. The van der Waals surface area contributed by atoms with Gasteiger partial charge in [-0.15, -0.1) is 0 Å². The van der Waals surface area contributed by atoms with Gasteiger partial charge in [-0.3, -0.25) is 4.79 Å². The highest BCUT2D eigenvalue weighted by Crippen LogP contribution is 2.25. The Morgan fingerprint density at radius 3 is 2.43 bits per heavy atom. The molecular weight excluding hydrogens is 389 g/mol. The van der Waals surface area contributed by atoms with Gasteiger partial charge in [0.05, 0.1) is 7.11 Å². The van der Waals surface area contributed by atoms with Crippen LogP contribution in [-0.2, 0) is 19.6 Å². The number of benzene rings is 2. The molecular formula is C19H18FNO6S. The Labute approximate surface area is 161 Å². The highest BCUT2D eigenvalue weighted by Gasteiger charge is 2.17. The molecule has 9 heteroatoms. The van der Waals surface area contributed by atoms with Crippen molar-refractivity contribution in [2.45, 2.75) is 4.90 Å². The van der Waals surface area contributed by atoms with Crippen LogP contribution in [-0.4, -0.2) is 40.9 Å². The minimum absolute atomic E-state index is 0.0838. The Kier molecular flexibility index (Phi) is 7.02. The number of methoxy groups -OCH3 is 1. The fourth-order valence-corrected chi connectivity index (χ4v) is 3.11. The Bertz CT molecular complexity index is 1000. The fourth-order valence-electron chi connectivity index (χ4n) is 2.19. The maximum absolute atomic E-state index is 12.8. The number of carbonyl (C=O) groups is 2. The van der Waals surface area contributed by atoms with E-state index < -0.39 is 34.2 Å². The van der Waals surface area contributed by atoms with E-state index in [4.69, 9.17) is 9.47 Å². The monoisotopic (exact) mass is 407 g/mol. The standard InChI is InChI=1S/C19H18FNO6S/c1-21-28(24,25)18-11-13(3-9-17(18)26-2)4-10-19(23)27-12-16(22)14-5-7-15(20)8-6-14/h3-11,21H,12H2,1-2H3/b10-4+. The number of hydrogen-bond acceptors (Lipinski definition) is 6. The summed E-state index contributed by atoms with van der Waals surface area (Å²) in [5.74, 6) is -1.59. The number of Topliss-reactive ketones (excluding diaryl/α,β-unsaturated/α-hetero) is 1. The summed E-state index contributed by atoms with van der Waals surface area (Å²) >= 11 is 0. The normalized spacial score (nSPS) is 11.4. The number of halogens is 1. The molecule has 2 aromatic carbocycles. The molecule has 0 saturated heterocycles. The van der Waals surface area contributed by atoms with E-state index in [0.717, 1.165) is 18.2 Å². The van der Waals surface area contributed by atoms with Crippen molar-refractivity contribution in [3.63, 3.8) is 0 Å². The predicted molar refractivity (Wildman–Crippen MR) is 100.0 cm³/mol. The third-order valence-electron chi connectivity index (χ3n) is 3.67. The van der Waals surface area contributed by atoms with Crippen LogP contribution in [0.5, 0.6) is 5.75 Å². The third-order valence-corrected chi connectivity index (χ3v) is 5.11. The average molecular weight is 407 g/mol. The van der Waals surface area contributed by atoms with Gasteiger partial charge in [0.25, 0.3) is 0 Å². The fraction of sp³-hybridized carbons (Fsp3) is 0.158. The van der Waals surface area contributed by atoms with Crippen molar-refractivity contribution in [2.24, 2.45) is 0 Å². The highest BCUT2D eigenvalue weighted by atomic mass is 32.2. The number of nitrogens with one attached hydrogen (secondary N) is 1. The highest BCUT2D eigenvalue weighted by molar-refractivity contribution is 7.89. The molecule has 0 amide bonds. The number of carbonyl (C=O) groups excluding carboxylic acids is 2. The molecule has 1 N–H and O–H groups in total. The van der Waals surface area contributed by atoms with Crippen LogP contribution in [0.3, 0.4) is 0 Å². The van der Waals surface area contributed by atoms with E-state index in [-0.39, 0.29) is 16.2 Å². The van der Waals surface area contributed by atoms with Crippen LogP contribution in [0.4, 0.5) is 4.39 Å². The molecule has 0 unspecified atom stereocenters. The molecule has 0 aliphatic rings. The van der Waals surface area contributed by atoms with Gasteiger partial charge in [0.15, 0.2) is 12.4 Å². The number of ketones is 1. The van der Waals surface area contributed by atoms with Crippen LogP contribution in [0.25, 0.3) is 6.08 Å². The summed E-state index contributed by atoms with van der Waals surface area (Å²) in [6.07, 6.45) is 2.41. The van der Waals surface area contributed by atoms with Crippen molar-refractivity contribution in [3.8, 4) is 5.75 Å². The summed E-state index contributed by atoms with van der Waals surface area (Å²) in [5.41, 5.74) is 0.631. The lowest BCUT2D eigenvalue weighted by molar-refractivity contribution is -0.136. The van der Waals surface area contributed by atoms with Gasteiger partial charge in [-0.1, -0.05) is 6.07 Å². The summed E-state index contributed by atoms with van der Waals surface area (Å²) in [6.45, 7) is -0.503. The summed E-state index contributed by atoms with van der Waals surface area (Å²) in [7, 11) is -1.14. The molecule has 2 aromatic rings. The number of ether oxygens (including phenoxy) is 2. The number of esters is 1. The average Bonchev–Trinajstić information content (AvgIpc) is 2.70. The van der Waals surface area contributed by atoms with Crippen molar-refractivity contribution in [2.75, 3.05) is 20.8 Å². The Hall–Kier alpha value is -3.04. The van der Waals surface area contributed by atoms with Crippen LogP contribution in [0.15, 0.2) is 53.4 Å². The van der Waals surface area contributed by atoms with E-state index in [2.05, 4.69) is 4.72 Å². The first kappa shape index (κ1) is 21.3. The van der Waals surface area contributed by atoms with E-state index >= 15 is 0 Å². The molecule has 28 heavy (non-hydrogen) atoms.